The van der Waals surface area contributed by atoms with Crippen LogP contribution in [-0.2, 0) is 22.6 Å². The molecular weight excluding hydrogens is 295 g/mol. The molecule has 0 spiro atoms. The minimum atomic E-state index is -0.424. The lowest BCUT2D eigenvalue weighted by atomic mass is 10.1. The fourth-order valence-corrected chi connectivity index (χ4v) is 2.14. The topological polar surface area (TPSA) is 58.2 Å². The summed E-state index contributed by atoms with van der Waals surface area (Å²) in [6, 6.07) is 13.9. The Morgan fingerprint density at radius 2 is 1.78 bits per heavy atom. The van der Waals surface area contributed by atoms with Crippen LogP contribution in [0.1, 0.15) is 16.7 Å². The van der Waals surface area contributed by atoms with E-state index in [0.29, 0.717) is 12.1 Å². The first kappa shape index (κ1) is 16.7. The third-order valence-corrected chi connectivity index (χ3v) is 3.33. The first-order valence-electron chi connectivity index (χ1n) is 7.37. The average Bonchev–Trinajstić information content (AvgIpc) is 2.53. The van der Waals surface area contributed by atoms with Crippen molar-refractivity contribution in [2.75, 3.05) is 6.54 Å². The molecule has 2 amide bonds. The van der Waals surface area contributed by atoms with E-state index in [1.807, 2.05) is 31.2 Å². The molecule has 2 aromatic rings. The van der Waals surface area contributed by atoms with Gasteiger partial charge in [-0.3, -0.25) is 9.59 Å². The molecule has 2 N–H and O–H groups in total. The Morgan fingerprint density at radius 3 is 2.52 bits per heavy atom. The van der Waals surface area contributed by atoms with Gasteiger partial charge in [-0.25, -0.2) is 4.39 Å². The monoisotopic (exact) mass is 314 g/mol. The molecule has 2 aromatic carbocycles. The van der Waals surface area contributed by atoms with E-state index in [1.54, 1.807) is 18.2 Å². The summed E-state index contributed by atoms with van der Waals surface area (Å²) in [5, 5.41) is 5.22. The van der Waals surface area contributed by atoms with Crippen LogP contribution < -0.4 is 10.6 Å². The molecule has 4 nitrogen and oxygen atoms in total. The molecule has 0 heterocycles. The minimum Gasteiger partial charge on any atom is -0.350 e. The highest BCUT2D eigenvalue weighted by molar-refractivity contribution is 5.85. The molecule has 0 aliphatic rings. The molecule has 0 unspecified atom stereocenters. The summed E-state index contributed by atoms with van der Waals surface area (Å²) >= 11 is 0. The molecule has 0 atom stereocenters. The third-order valence-electron chi connectivity index (χ3n) is 3.33. The Bertz CT molecular complexity index is 701. The molecule has 0 radical (unpaired) electrons. The Hall–Kier alpha value is -2.69. The van der Waals surface area contributed by atoms with Crippen molar-refractivity contribution in [2.45, 2.75) is 19.9 Å². The highest BCUT2D eigenvalue weighted by Gasteiger charge is 2.09. The van der Waals surface area contributed by atoms with Gasteiger partial charge in [-0.2, -0.15) is 0 Å². The maximum atomic E-state index is 13.4. The molecule has 120 valence electrons. The highest BCUT2D eigenvalue weighted by atomic mass is 19.1. The van der Waals surface area contributed by atoms with Gasteiger partial charge < -0.3 is 10.6 Å². The van der Waals surface area contributed by atoms with Gasteiger partial charge >= 0.3 is 0 Å². The first-order chi connectivity index (χ1) is 11.0. The zero-order valence-corrected chi connectivity index (χ0v) is 12.9. The summed E-state index contributed by atoms with van der Waals surface area (Å²) in [6.07, 6.45) is -0.0855. The molecule has 0 aromatic heterocycles. The molecular formula is C18H19FN2O2. The number of nitrogens with one attached hydrogen (secondary N) is 2. The summed E-state index contributed by atoms with van der Waals surface area (Å²) in [6.45, 7) is 2.26. The van der Waals surface area contributed by atoms with Crippen LogP contribution in [0.15, 0.2) is 48.5 Å². The second-order valence-corrected chi connectivity index (χ2v) is 5.31. The summed E-state index contributed by atoms with van der Waals surface area (Å²) in [5.41, 5.74) is 2.43. The number of hydrogen-bond acceptors (Lipinski definition) is 2. The number of halogens is 1. The largest absolute Gasteiger partial charge is 0.350 e. The van der Waals surface area contributed by atoms with Crippen molar-refractivity contribution in [3.05, 3.63) is 71.0 Å². The van der Waals surface area contributed by atoms with Gasteiger partial charge in [0.15, 0.2) is 0 Å². The summed E-state index contributed by atoms with van der Waals surface area (Å²) in [4.78, 5) is 23.5. The summed E-state index contributed by atoms with van der Waals surface area (Å²) in [5.74, 6) is -1.10. The Morgan fingerprint density at radius 1 is 1.00 bits per heavy atom. The molecule has 23 heavy (non-hydrogen) atoms. The van der Waals surface area contributed by atoms with Crippen molar-refractivity contribution in [1.29, 1.82) is 0 Å². The van der Waals surface area contributed by atoms with Crippen molar-refractivity contribution in [3.8, 4) is 0 Å². The zero-order chi connectivity index (χ0) is 16.7. The minimum absolute atomic E-state index is 0.0855. The van der Waals surface area contributed by atoms with E-state index in [9.17, 15) is 14.0 Å². The number of aryl methyl sites for hydroxylation is 1. The number of rotatable bonds is 6. The molecule has 2 rings (SSSR count). The van der Waals surface area contributed by atoms with Crippen LogP contribution in [0.25, 0.3) is 0 Å². The second-order valence-electron chi connectivity index (χ2n) is 5.31. The van der Waals surface area contributed by atoms with E-state index in [2.05, 4.69) is 10.6 Å². The van der Waals surface area contributed by atoms with E-state index in [0.717, 1.165) is 11.1 Å². The molecule has 0 fully saturated rings. The fraction of sp³-hybridized carbons (Fsp3) is 0.222. The standard InChI is InChI=1S/C18H19FN2O2/c1-13-5-4-6-14(9-13)11-20-18(23)12-21-17(22)10-15-7-2-3-8-16(15)19/h2-9H,10-12H2,1H3,(H,20,23)(H,21,22). The SMILES string of the molecule is Cc1cccc(CNC(=O)CNC(=O)Cc2ccccc2F)c1. The lowest BCUT2D eigenvalue weighted by Gasteiger charge is -2.08. The number of carbonyl (C=O) groups excluding carboxylic acids is 2. The van der Waals surface area contributed by atoms with Gasteiger partial charge in [-0.05, 0) is 24.1 Å². The van der Waals surface area contributed by atoms with Gasteiger partial charge in [0.1, 0.15) is 5.82 Å². The van der Waals surface area contributed by atoms with E-state index < -0.39 is 5.82 Å². The number of hydrogen-bond donors (Lipinski definition) is 2. The second kappa shape index (κ2) is 8.08. The predicted octanol–water partition coefficient (Wildman–Crippen LogP) is 2.11. The Kier molecular flexibility index (Phi) is 5.86. The quantitative estimate of drug-likeness (QED) is 0.858. The van der Waals surface area contributed by atoms with Crippen LogP contribution in [0.4, 0.5) is 4.39 Å². The smallest absolute Gasteiger partial charge is 0.239 e. The molecule has 0 aliphatic carbocycles. The van der Waals surface area contributed by atoms with E-state index in [1.165, 1.54) is 6.07 Å². The number of amides is 2. The van der Waals surface area contributed by atoms with Crippen molar-refractivity contribution in [1.82, 2.24) is 10.6 Å². The highest BCUT2D eigenvalue weighted by Crippen LogP contribution is 2.06. The average molecular weight is 314 g/mol. The van der Waals surface area contributed by atoms with Crippen LogP contribution in [0.5, 0.6) is 0 Å². The van der Waals surface area contributed by atoms with Crippen LogP contribution >= 0.6 is 0 Å². The molecule has 0 saturated heterocycles. The van der Waals surface area contributed by atoms with Gasteiger partial charge in [0.05, 0.1) is 13.0 Å². The third kappa shape index (κ3) is 5.54. The van der Waals surface area contributed by atoms with Gasteiger partial charge in [0, 0.05) is 6.54 Å². The van der Waals surface area contributed by atoms with Crippen molar-refractivity contribution in [2.24, 2.45) is 0 Å². The van der Waals surface area contributed by atoms with Crippen molar-refractivity contribution in [3.63, 3.8) is 0 Å². The summed E-state index contributed by atoms with van der Waals surface area (Å²) in [7, 11) is 0. The van der Waals surface area contributed by atoms with Crippen LogP contribution in [0.2, 0.25) is 0 Å². The van der Waals surface area contributed by atoms with Crippen molar-refractivity contribution < 1.29 is 14.0 Å². The zero-order valence-electron chi connectivity index (χ0n) is 12.9. The Labute approximate surface area is 134 Å². The first-order valence-corrected chi connectivity index (χ1v) is 7.37. The number of carbonyl (C=O) groups is 2. The van der Waals surface area contributed by atoms with E-state index in [-0.39, 0.29) is 24.8 Å². The molecule has 5 heteroatoms. The predicted molar refractivity (Wildman–Crippen MR) is 86.1 cm³/mol. The van der Waals surface area contributed by atoms with Crippen LogP contribution in [0.3, 0.4) is 0 Å². The van der Waals surface area contributed by atoms with Gasteiger partial charge in [-0.1, -0.05) is 48.0 Å². The van der Waals surface area contributed by atoms with Gasteiger partial charge in [0.2, 0.25) is 11.8 Å². The normalized spacial score (nSPS) is 10.2. The van der Waals surface area contributed by atoms with E-state index >= 15 is 0 Å². The van der Waals surface area contributed by atoms with Gasteiger partial charge in [0.25, 0.3) is 0 Å². The number of benzene rings is 2. The van der Waals surface area contributed by atoms with Gasteiger partial charge in [-0.15, -0.1) is 0 Å². The maximum absolute atomic E-state index is 13.4. The molecule has 0 saturated carbocycles. The van der Waals surface area contributed by atoms with E-state index in [4.69, 9.17) is 0 Å². The molecule has 0 bridgehead atoms. The lowest BCUT2D eigenvalue weighted by Crippen LogP contribution is -2.37. The Balaban J connectivity index is 1.74. The van der Waals surface area contributed by atoms with Crippen LogP contribution in [0, 0.1) is 12.7 Å². The lowest BCUT2D eigenvalue weighted by molar-refractivity contribution is -0.125. The van der Waals surface area contributed by atoms with Crippen molar-refractivity contribution >= 4 is 11.8 Å². The molecule has 0 aliphatic heterocycles. The summed E-state index contributed by atoms with van der Waals surface area (Å²) < 4.78 is 13.4. The maximum Gasteiger partial charge on any atom is 0.239 e. The van der Waals surface area contributed by atoms with Crippen LogP contribution in [-0.4, -0.2) is 18.4 Å². The fourth-order valence-electron chi connectivity index (χ4n) is 2.14.